The highest BCUT2D eigenvalue weighted by atomic mass is 32.2. The summed E-state index contributed by atoms with van der Waals surface area (Å²) in [5, 5.41) is 22.2. The smallest absolute Gasteiger partial charge is 0.328 e. The van der Waals surface area contributed by atoms with E-state index in [4.69, 9.17) is 9.47 Å². The van der Waals surface area contributed by atoms with Crippen LogP contribution in [0, 0.1) is 13.8 Å². The minimum atomic E-state index is -4.41. The lowest BCUT2D eigenvalue weighted by Gasteiger charge is -2.24. The Kier molecular flexibility index (Phi) is 12.7. The third-order valence-electron chi connectivity index (χ3n) is 6.94. The molecule has 0 spiro atoms. The van der Waals surface area contributed by atoms with E-state index in [1.807, 2.05) is 13.8 Å². The number of aromatic hydroxyl groups is 2. The fourth-order valence-electron chi connectivity index (χ4n) is 4.26. The number of phenols is 2. The predicted molar refractivity (Wildman–Crippen MR) is 170 cm³/mol. The number of hydrogen-bond acceptors (Lipinski definition) is 10. The van der Waals surface area contributed by atoms with Crippen molar-refractivity contribution >= 4 is 32.0 Å². The molecule has 0 aromatic heterocycles. The second-order valence-electron chi connectivity index (χ2n) is 10.7. The van der Waals surface area contributed by atoms with Gasteiger partial charge in [-0.15, -0.1) is 0 Å². The zero-order chi connectivity index (χ0) is 34.1. The first kappa shape index (κ1) is 36.5. The highest BCUT2D eigenvalue weighted by Crippen LogP contribution is 2.38. The third kappa shape index (κ3) is 9.52. The van der Waals surface area contributed by atoms with Crippen LogP contribution in [0.25, 0.3) is 0 Å². The standard InChI is InChI=1S/C32H40N2O10S2/c1-5-7-17-43-31(37)28(33-45(39,40)24-13-9-21(3)10-14-24)26-19-23(35)20-27(30(26)36)29(32(38)44-18-8-6-2)34-46(41,42)25-15-11-22(4)12-16-25/h9-16,19-20,28-29,33-36H,5-8,17-18H2,1-4H3. The Bertz CT molecular complexity index is 1600. The predicted octanol–water partition coefficient (Wildman–Crippen LogP) is 4.44. The number of nitrogens with one attached hydrogen (secondary N) is 2. The van der Waals surface area contributed by atoms with Crippen molar-refractivity contribution in [2.45, 2.75) is 75.3 Å². The van der Waals surface area contributed by atoms with E-state index in [0.717, 1.165) is 23.3 Å². The summed E-state index contributed by atoms with van der Waals surface area (Å²) in [5.74, 6) is -3.65. The number of esters is 2. The molecule has 0 radical (unpaired) electrons. The third-order valence-corrected chi connectivity index (χ3v) is 9.82. The van der Waals surface area contributed by atoms with E-state index in [9.17, 15) is 36.6 Å². The molecule has 0 saturated heterocycles. The molecule has 3 rings (SSSR count). The van der Waals surface area contributed by atoms with Gasteiger partial charge in [-0.1, -0.05) is 62.1 Å². The first-order valence-corrected chi connectivity index (χ1v) is 17.7. The Morgan fingerprint density at radius 2 is 1.02 bits per heavy atom. The van der Waals surface area contributed by atoms with E-state index in [0.29, 0.717) is 25.7 Å². The highest BCUT2D eigenvalue weighted by molar-refractivity contribution is 7.89. The van der Waals surface area contributed by atoms with Gasteiger partial charge in [-0.25, -0.2) is 26.4 Å². The van der Waals surface area contributed by atoms with Crippen molar-refractivity contribution in [3.63, 3.8) is 0 Å². The van der Waals surface area contributed by atoms with Gasteiger partial charge in [0.2, 0.25) is 20.0 Å². The van der Waals surface area contributed by atoms with Gasteiger partial charge in [0.1, 0.15) is 23.6 Å². The molecule has 0 aliphatic carbocycles. The van der Waals surface area contributed by atoms with Gasteiger partial charge in [0, 0.05) is 11.1 Å². The van der Waals surface area contributed by atoms with Crippen molar-refractivity contribution in [2.75, 3.05) is 13.2 Å². The Balaban J connectivity index is 2.16. The highest BCUT2D eigenvalue weighted by Gasteiger charge is 2.36. The van der Waals surface area contributed by atoms with Gasteiger partial charge in [0.15, 0.2) is 0 Å². The summed E-state index contributed by atoms with van der Waals surface area (Å²) in [6.07, 6.45) is 2.26. The SMILES string of the molecule is CCCCOC(=O)C(NS(=O)(=O)c1ccc(C)cc1)c1cc(O)cc(C(NS(=O)(=O)c2ccc(C)cc2)C(=O)OCCCC)c1O. The molecule has 2 unspecified atom stereocenters. The molecule has 3 aromatic rings. The molecule has 0 bridgehead atoms. The molecule has 14 heteroatoms. The number of rotatable bonds is 16. The van der Waals surface area contributed by atoms with Crippen LogP contribution in [0.4, 0.5) is 0 Å². The van der Waals surface area contributed by atoms with Crippen LogP contribution in [0.5, 0.6) is 11.5 Å². The normalized spacial score (nSPS) is 13.1. The lowest BCUT2D eigenvalue weighted by Crippen LogP contribution is -2.37. The Morgan fingerprint density at radius 3 is 1.35 bits per heavy atom. The molecule has 0 fully saturated rings. The Hall–Kier alpha value is -3.98. The second kappa shape index (κ2) is 16.0. The molecule has 0 aliphatic rings. The average molecular weight is 677 g/mol. The van der Waals surface area contributed by atoms with Gasteiger partial charge < -0.3 is 19.7 Å². The number of benzene rings is 3. The van der Waals surface area contributed by atoms with Crippen molar-refractivity contribution in [3.8, 4) is 11.5 Å². The summed E-state index contributed by atoms with van der Waals surface area (Å²) in [7, 11) is -8.82. The summed E-state index contributed by atoms with van der Waals surface area (Å²) < 4.78 is 68.5. The van der Waals surface area contributed by atoms with Gasteiger partial charge in [-0.05, 0) is 63.1 Å². The molecule has 4 N–H and O–H groups in total. The molecule has 250 valence electrons. The molecular formula is C32H40N2O10S2. The maximum atomic E-state index is 13.4. The number of carbonyl (C=O) groups is 2. The molecule has 0 heterocycles. The van der Waals surface area contributed by atoms with Crippen LogP contribution in [0.15, 0.2) is 70.5 Å². The van der Waals surface area contributed by atoms with Gasteiger partial charge in [0.25, 0.3) is 0 Å². The summed E-state index contributed by atoms with van der Waals surface area (Å²) in [4.78, 5) is 26.3. The van der Waals surface area contributed by atoms with Crippen molar-refractivity contribution in [1.29, 1.82) is 0 Å². The van der Waals surface area contributed by atoms with E-state index >= 15 is 0 Å². The fourth-order valence-corrected chi connectivity index (χ4v) is 6.59. The lowest BCUT2D eigenvalue weighted by molar-refractivity contribution is -0.146. The number of aryl methyl sites for hydroxylation is 2. The number of carbonyl (C=O) groups excluding carboxylic acids is 2. The molecule has 2 atom stereocenters. The molecule has 3 aromatic carbocycles. The summed E-state index contributed by atoms with van der Waals surface area (Å²) in [6, 6.07) is 9.58. The maximum Gasteiger partial charge on any atom is 0.328 e. The van der Waals surface area contributed by atoms with Crippen LogP contribution >= 0.6 is 0 Å². The molecule has 0 aliphatic heterocycles. The number of phenolic OH excluding ortho intramolecular Hbond substituents is 2. The van der Waals surface area contributed by atoms with Gasteiger partial charge >= 0.3 is 11.9 Å². The second-order valence-corrected chi connectivity index (χ2v) is 14.2. The maximum absolute atomic E-state index is 13.4. The lowest BCUT2D eigenvalue weighted by atomic mass is 9.98. The largest absolute Gasteiger partial charge is 0.508 e. The molecule has 12 nitrogen and oxygen atoms in total. The average Bonchev–Trinajstić information content (AvgIpc) is 3.00. The van der Waals surface area contributed by atoms with Crippen LogP contribution < -0.4 is 9.44 Å². The van der Waals surface area contributed by atoms with Crippen molar-refractivity contribution < 1.29 is 46.1 Å². The fraction of sp³-hybridized carbons (Fsp3) is 0.375. The summed E-state index contributed by atoms with van der Waals surface area (Å²) in [5.41, 5.74) is 0.616. The zero-order valence-corrected chi connectivity index (χ0v) is 27.8. The molecular weight excluding hydrogens is 636 g/mol. The van der Waals surface area contributed by atoms with Gasteiger partial charge in [0.05, 0.1) is 23.0 Å². The molecule has 46 heavy (non-hydrogen) atoms. The van der Waals surface area contributed by atoms with Crippen LogP contribution in [0.3, 0.4) is 0 Å². The van der Waals surface area contributed by atoms with E-state index in [1.54, 1.807) is 38.1 Å². The zero-order valence-electron chi connectivity index (χ0n) is 26.1. The first-order valence-electron chi connectivity index (χ1n) is 14.8. The van der Waals surface area contributed by atoms with Crippen LogP contribution in [0.2, 0.25) is 0 Å². The van der Waals surface area contributed by atoms with E-state index in [1.165, 1.54) is 24.3 Å². The van der Waals surface area contributed by atoms with Gasteiger partial charge in [-0.2, -0.15) is 9.44 Å². The number of sulfonamides is 2. The number of hydrogen-bond donors (Lipinski definition) is 4. The molecule has 0 saturated carbocycles. The van der Waals surface area contributed by atoms with Crippen LogP contribution in [-0.4, -0.2) is 52.2 Å². The van der Waals surface area contributed by atoms with E-state index in [-0.39, 0.29) is 23.0 Å². The summed E-state index contributed by atoms with van der Waals surface area (Å²) >= 11 is 0. The number of ether oxygens (including phenoxy) is 2. The van der Waals surface area contributed by atoms with E-state index < -0.39 is 66.7 Å². The van der Waals surface area contributed by atoms with Crippen molar-refractivity contribution in [1.82, 2.24) is 9.44 Å². The first-order chi connectivity index (χ1) is 21.7. The Morgan fingerprint density at radius 1 is 0.674 bits per heavy atom. The number of unbranched alkanes of at least 4 members (excludes halogenated alkanes) is 2. The van der Waals surface area contributed by atoms with E-state index in [2.05, 4.69) is 9.44 Å². The quantitative estimate of drug-likeness (QED) is 0.0960. The monoisotopic (exact) mass is 676 g/mol. The van der Waals surface area contributed by atoms with Crippen molar-refractivity contribution in [2.24, 2.45) is 0 Å². The minimum absolute atomic E-state index is 0.0622. The Labute approximate surface area is 269 Å². The van der Waals surface area contributed by atoms with Gasteiger partial charge in [-0.3, -0.25) is 0 Å². The van der Waals surface area contributed by atoms with Crippen LogP contribution in [0.1, 0.15) is 73.9 Å². The molecule has 0 amide bonds. The minimum Gasteiger partial charge on any atom is -0.508 e. The van der Waals surface area contributed by atoms with Crippen LogP contribution in [-0.2, 0) is 39.1 Å². The van der Waals surface area contributed by atoms with Crippen molar-refractivity contribution in [3.05, 3.63) is 82.9 Å². The summed E-state index contributed by atoms with van der Waals surface area (Å²) in [6.45, 7) is 7.12. The topological polar surface area (TPSA) is 185 Å².